The second-order valence-electron chi connectivity index (χ2n) is 10.5. The van der Waals surface area contributed by atoms with Crippen LogP contribution in [0.2, 0.25) is 0 Å². The van der Waals surface area contributed by atoms with Gasteiger partial charge < -0.3 is 16.0 Å². The molecule has 6 rings (SSSR count). The minimum Gasteiger partial charge on any atom is -0.342 e. The van der Waals surface area contributed by atoms with Gasteiger partial charge in [-0.2, -0.15) is 0 Å². The van der Waals surface area contributed by atoms with Gasteiger partial charge in [0.1, 0.15) is 12.1 Å². The predicted octanol–water partition coefficient (Wildman–Crippen LogP) is 4.98. The summed E-state index contributed by atoms with van der Waals surface area (Å²) in [5.41, 5.74) is 13.0. The maximum atomic E-state index is 14.0. The molecular weight excluding hydrogens is 470 g/mol. The fraction of sp³-hybridized carbons (Fsp3) is 0.273. The lowest BCUT2D eigenvalue weighted by Crippen LogP contribution is -2.63. The summed E-state index contributed by atoms with van der Waals surface area (Å²) in [5, 5.41) is 5.32. The Labute approximate surface area is 223 Å². The monoisotopic (exact) mass is 503 g/mol. The van der Waals surface area contributed by atoms with Crippen molar-refractivity contribution >= 4 is 22.6 Å². The third-order valence-electron chi connectivity index (χ3n) is 8.03. The lowest BCUT2D eigenvalue weighted by molar-refractivity contribution is -0.150. The van der Waals surface area contributed by atoms with Crippen molar-refractivity contribution in [2.24, 2.45) is 5.73 Å². The van der Waals surface area contributed by atoms with E-state index in [9.17, 15) is 9.59 Å². The molecule has 1 saturated heterocycles. The molecule has 2 amide bonds. The van der Waals surface area contributed by atoms with Gasteiger partial charge in [-0.25, -0.2) is 0 Å². The van der Waals surface area contributed by atoms with Gasteiger partial charge in [0.15, 0.2) is 0 Å². The number of carbonyl (C=O) groups is 2. The SMILES string of the molecule is NCCCC[C@H]1C(=O)N[C@@H](Cc2cccc3ccccc23)C(=O)N1Cc1ccc2c(c1)-c1ccccc1C2. The Kier molecular flexibility index (Phi) is 6.69. The van der Waals surface area contributed by atoms with Crippen molar-refractivity contribution in [1.82, 2.24) is 10.2 Å². The number of hydrogen-bond donors (Lipinski definition) is 2. The highest BCUT2D eigenvalue weighted by Crippen LogP contribution is 2.37. The van der Waals surface area contributed by atoms with Crippen molar-refractivity contribution in [2.75, 3.05) is 6.54 Å². The van der Waals surface area contributed by atoms with E-state index in [1.165, 1.54) is 22.3 Å². The second-order valence-corrected chi connectivity index (χ2v) is 10.5. The normalized spacial score (nSPS) is 18.4. The van der Waals surface area contributed by atoms with Crippen LogP contribution in [0.25, 0.3) is 21.9 Å². The summed E-state index contributed by atoms with van der Waals surface area (Å²) >= 11 is 0. The fourth-order valence-corrected chi connectivity index (χ4v) is 6.08. The zero-order valence-electron chi connectivity index (χ0n) is 21.5. The number of piperazine rings is 1. The molecule has 0 unspecified atom stereocenters. The largest absolute Gasteiger partial charge is 0.342 e. The third-order valence-corrected chi connectivity index (χ3v) is 8.03. The maximum Gasteiger partial charge on any atom is 0.246 e. The molecule has 2 aliphatic rings. The molecule has 38 heavy (non-hydrogen) atoms. The number of amides is 2. The molecular formula is C33H33N3O2. The van der Waals surface area contributed by atoms with Gasteiger partial charge in [-0.15, -0.1) is 0 Å². The fourth-order valence-electron chi connectivity index (χ4n) is 6.08. The number of rotatable bonds is 8. The van der Waals surface area contributed by atoms with E-state index in [1.807, 2.05) is 23.1 Å². The summed E-state index contributed by atoms with van der Waals surface area (Å²) < 4.78 is 0. The van der Waals surface area contributed by atoms with E-state index in [0.29, 0.717) is 25.9 Å². The van der Waals surface area contributed by atoms with Crippen LogP contribution in [0.15, 0.2) is 84.9 Å². The molecule has 0 spiro atoms. The molecule has 4 aromatic rings. The van der Waals surface area contributed by atoms with E-state index in [2.05, 4.69) is 72.0 Å². The molecule has 1 aliphatic carbocycles. The number of fused-ring (bicyclic) bond motifs is 4. The average Bonchev–Trinajstić information content (AvgIpc) is 3.31. The van der Waals surface area contributed by atoms with E-state index in [0.717, 1.165) is 41.2 Å². The molecule has 1 heterocycles. The zero-order chi connectivity index (χ0) is 26.1. The van der Waals surface area contributed by atoms with Gasteiger partial charge in [-0.1, -0.05) is 78.9 Å². The first-order valence-corrected chi connectivity index (χ1v) is 13.6. The molecule has 5 heteroatoms. The molecule has 4 aromatic carbocycles. The standard InChI is InChI=1S/C33H33N3O2/c34-17-6-5-14-31-32(37)35-30(20-25-11-7-10-23-8-1-3-12-27(23)25)33(38)36(31)21-22-15-16-26-19-24-9-2-4-13-28(24)29(26)18-22/h1-4,7-13,15-16,18,30-31H,5-6,14,17,19-21,34H2,(H,35,37)/t30-,31-/m0/s1. The number of carbonyl (C=O) groups excluding carboxylic acids is 2. The minimum absolute atomic E-state index is 0.0174. The van der Waals surface area contributed by atoms with Crippen molar-refractivity contribution in [3.63, 3.8) is 0 Å². The average molecular weight is 504 g/mol. The van der Waals surface area contributed by atoms with Gasteiger partial charge in [0.25, 0.3) is 0 Å². The quantitative estimate of drug-likeness (QED) is 0.293. The van der Waals surface area contributed by atoms with Gasteiger partial charge in [0, 0.05) is 13.0 Å². The van der Waals surface area contributed by atoms with E-state index in [1.54, 1.807) is 0 Å². The van der Waals surface area contributed by atoms with E-state index < -0.39 is 12.1 Å². The van der Waals surface area contributed by atoms with Crippen molar-refractivity contribution in [3.8, 4) is 11.1 Å². The Morgan fingerprint density at radius 3 is 2.53 bits per heavy atom. The molecule has 0 bridgehead atoms. The first-order chi connectivity index (χ1) is 18.6. The Balaban J connectivity index is 1.30. The third kappa shape index (κ3) is 4.59. The highest BCUT2D eigenvalue weighted by atomic mass is 16.2. The van der Waals surface area contributed by atoms with Crippen LogP contribution in [0.3, 0.4) is 0 Å². The lowest BCUT2D eigenvalue weighted by Gasteiger charge is -2.39. The van der Waals surface area contributed by atoms with Crippen molar-refractivity contribution in [3.05, 3.63) is 107 Å². The summed E-state index contributed by atoms with van der Waals surface area (Å²) in [5.74, 6) is -0.0884. The Bertz CT molecular complexity index is 1510. The topological polar surface area (TPSA) is 75.4 Å². The molecule has 192 valence electrons. The number of nitrogens with one attached hydrogen (secondary N) is 1. The molecule has 0 radical (unpaired) electrons. The van der Waals surface area contributed by atoms with Gasteiger partial charge in [0.2, 0.25) is 11.8 Å². The number of unbranched alkanes of at least 4 members (excludes halogenated alkanes) is 1. The Morgan fingerprint density at radius 2 is 1.63 bits per heavy atom. The van der Waals surface area contributed by atoms with E-state index >= 15 is 0 Å². The molecule has 5 nitrogen and oxygen atoms in total. The van der Waals surface area contributed by atoms with Crippen molar-refractivity contribution in [1.29, 1.82) is 0 Å². The lowest BCUT2D eigenvalue weighted by atomic mass is 9.94. The minimum atomic E-state index is -0.589. The summed E-state index contributed by atoms with van der Waals surface area (Å²) in [6.45, 7) is 0.997. The molecule has 1 aliphatic heterocycles. The van der Waals surface area contributed by atoms with Crippen LogP contribution >= 0.6 is 0 Å². The number of benzene rings is 4. The summed E-state index contributed by atoms with van der Waals surface area (Å²) in [6.07, 6.45) is 3.66. The summed E-state index contributed by atoms with van der Waals surface area (Å²) in [7, 11) is 0. The zero-order valence-corrected chi connectivity index (χ0v) is 21.5. The molecule has 1 fully saturated rings. The van der Waals surface area contributed by atoms with Gasteiger partial charge in [-0.05, 0) is 82.4 Å². The highest BCUT2D eigenvalue weighted by Gasteiger charge is 2.40. The van der Waals surface area contributed by atoms with Crippen molar-refractivity contribution in [2.45, 2.75) is 50.7 Å². The number of nitrogens with two attached hydrogens (primary N) is 1. The van der Waals surface area contributed by atoms with Gasteiger partial charge >= 0.3 is 0 Å². The van der Waals surface area contributed by atoms with Crippen LogP contribution in [0, 0.1) is 0 Å². The molecule has 0 aromatic heterocycles. The predicted molar refractivity (Wildman–Crippen MR) is 152 cm³/mol. The first kappa shape index (κ1) is 24.4. The van der Waals surface area contributed by atoms with Crippen LogP contribution in [0.5, 0.6) is 0 Å². The van der Waals surface area contributed by atoms with Crippen LogP contribution < -0.4 is 11.1 Å². The van der Waals surface area contributed by atoms with Gasteiger partial charge in [-0.3, -0.25) is 9.59 Å². The summed E-state index contributed by atoms with van der Waals surface area (Å²) in [6, 6.07) is 28.2. The van der Waals surface area contributed by atoms with Crippen LogP contribution in [0.1, 0.15) is 41.5 Å². The molecule has 0 saturated carbocycles. The highest BCUT2D eigenvalue weighted by molar-refractivity contribution is 5.97. The number of nitrogens with zero attached hydrogens (tertiary/aromatic N) is 1. The molecule has 3 N–H and O–H groups in total. The Hall–Kier alpha value is -3.96. The maximum absolute atomic E-state index is 14.0. The summed E-state index contributed by atoms with van der Waals surface area (Å²) in [4.78, 5) is 29.2. The molecule has 2 atom stereocenters. The van der Waals surface area contributed by atoms with Crippen LogP contribution in [0.4, 0.5) is 0 Å². The first-order valence-electron chi connectivity index (χ1n) is 13.6. The van der Waals surface area contributed by atoms with Crippen molar-refractivity contribution < 1.29 is 9.59 Å². The van der Waals surface area contributed by atoms with E-state index in [4.69, 9.17) is 5.73 Å². The second kappa shape index (κ2) is 10.4. The van der Waals surface area contributed by atoms with Crippen LogP contribution in [-0.2, 0) is 29.0 Å². The van der Waals surface area contributed by atoms with E-state index in [-0.39, 0.29) is 11.8 Å². The number of hydrogen-bond acceptors (Lipinski definition) is 3. The smallest absolute Gasteiger partial charge is 0.246 e. The van der Waals surface area contributed by atoms with Crippen LogP contribution in [-0.4, -0.2) is 35.3 Å². The Morgan fingerprint density at radius 1 is 0.842 bits per heavy atom. The van der Waals surface area contributed by atoms with Gasteiger partial charge in [0.05, 0.1) is 0 Å².